The third-order valence-corrected chi connectivity index (χ3v) is 7.94. The van der Waals surface area contributed by atoms with E-state index in [0.717, 1.165) is 16.7 Å². The fraction of sp³-hybridized carbons (Fsp3) is 0.417. The molecule has 9 heteroatoms. The number of hydrogen-bond donors (Lipinski definition) is 1. The maximum Gasteiger partial charge on any atom is 0.244 e. The Kier molecular flexibility index (Phi) is 6.83. The van der Waals surface area contributed by atoms with Crippen LogP contribution in [0.3, 0.4) is 0 Å². The minimum absolute atomic E-state index is 0.130. The fourth-order valence-corrected chi connectivity index (χ4v) is 5.74. The van der Waals surface area contributed by atoms with Crippen molar-refractivity contribution in [3.05, 3.63) is 53.1 Å². The summed E-state index contributed by atoms with van der Waals surface area (Å²) in [6.07, 6.45) is 1.47. The SMILES string of the molecule is Cc1ccc(NC(=O)CN2C(=O)CCCc3cc(S(=O)(=O)N4CCOCC4)ccc32)c(C)c1. The van der Waals surface area contributed by atoms with Crippen LogP contribution < -0.4 is 10.2 Å². The standard InChI is InChI=1S/C24H29N3O5S/c1-17-6-8-21(18(2)14-17)25-23(28)16-27-22-9-7-20(15-19(22)4-3-5-24(27)29)33(30,31)26-10-12-32-13-11-26/h6-9,14-15H,3-5,10-13,16H2,1-2H3,(H,25,28). The fourth-order valence-electron chi connectivity index (χ4n) is 4.28. The molecule has 0 spiro atoms. The Balaban J connectivity index is 1.57. The summed E-state index contributed by atoms with van der Waals surface area (Å²) in [4.78, 5) is 27.3. The summed E-state index contributed by atoms with van der Waals surface area (Å²) in [6, 6.07) is 10.6. The van der Waals surface area contributed by atoms with Crippen LogP contribution in [0.1, 0.15) is 29.5 Å². The Hall–Kier alpha value is -2.75. The van der Waals surface area contributed by atoms with E-state index in [-0.39, 0.29) is 23.3 Å². The Morgan fingerprint density at radius 2 is 1.82 bits per heavy atom. The number of aryl methyl sites for hydroxylation is 3. The molecule has 0 unspecified atom stereocenters. The first-order chi connectivity index (χ1) is 15.8. The van der Waals surface area contributed by atoms with Gasteiger partial charge >= 0.3 is 0 Å². The van der Waals surface area contributed by atoms with Crippen molar-refractivity contribution in [2.24, 2.45) is 0 Å². The Morgan fingerprint density at radius 1 is 1.06 bits per heavy atom. The molecule has 1 N–H and O–H groups in total. The van der Waals surface area contributed by atoms with Crippen molar-refractivity contribution >= 4 is 33.2 Å². The first-order valence-electron chi connectivity index (χ1n) is 11.1. The van der Waals surface area contributed by atoms with Crippen molar-refractivity contribution in [1.82, 2.24) is 4.31 Å². The molecule has 0 aliphatic carbocycles. The maximum atomic E-state index is 13.1. The molecule has 0 saturated carbocycles. The van der Waals surface area contributed by atoms with Crippen LogP contribution in [0.4, 0.5) is 11.4 Å². The summed E-state index contributed by atoms with van der Waals surface area (Å²) in [7, 11) is -3.64. The average molecular weight is 472 g/mol. The number of ether oxygens (including phenoxy) is 1. The van der Waals surface area contributed by atoms with Crippen LogP contribution in [-0.4, -0.2) is 57.4 Å². The zero-order chi connectivity index (χ0) is 23.6. The highest BCUT2D eigenvalue weighted by atomic mass is 32.2. The highest BCUT2D eigenvalue weighted by Gasteiger charge is 2.29. The molecule has 2 aromatic carbocycles. The van der Waals surface area contributed by atoms with Gasteiger partial charge in [0.2, 0.25) is 21.8 Å². The molecule has 0 bridgehead atoms. The van der Waals surface area contributed by atoms with E-state index in [4.69, 9.17) is 4.74 Å². The second kappa shape index (κ2) is 9.62. The predicted octanol–water partition coefficient (Wildman–Crippen LogP) is 2.63. The van der Waals surface area contributed by atoms with Crippen molar-refractivity contribution < 1.29 is 22.7 Å². The molecule has 176 valence electrons. The minimum atomic E-state index is -3.64. The molecule has 4 rings (SSSR count). The topological polar surface area (TPSA) is 96.0 Å². The molecule has 1 saturated heterocycles. The lowest BCUT2D eigenvalue weighted by Crippen LogP contribution is -2.40. The minimum Gasteiger partial charge on any atom is -0.379 e. The van der Waals surface area contributed by atoms with Crippen LogP contribution in [0.15, 0.2) is 41.3 Å². The maximum absolute atomic E-state index is 13.1. The third kappa shape index (κ3) is 5.10. The molecule has 0 atom stereocenters. The zero-order valence-corrected chi connectivity index (χ0v) is 19.8. The zero-order valence-electron chi connectivity index (χ0n) is 19.0. The lowest BCUT2D eigenvalue weighted by atomic mass is 10.1. The molecule has 2 heterocycles. The van der Waals surface area contributed by atoms with Crippen LogP contribution in [-0.2, 0) is 30.8 Å². The van der Waals surface area contributed by atoms with E-state index in [1.807, 2.05) is 32.0 Å². The monoisotopic (exact) mass is 471 g/mol. The smallest absolute Gasteiger partial charge is 0.244 e. The van der Waals surface area contributed by atoms with E-state index in [2.05, 4.69) is 5.32 Å². The van der Waals surface area contributed by atoms with Crippen molar-refractivity contribution in [3.63, 3.8) is 0 Å². The molecule has 33 heavy (non-hydrogen) atoms. The van der Waals surface area contributed by atoms with Crippen LogP contribution >= 0.6 is 0 Å². The number of nitrogens with one attached hydrogen (secondary N) is 1. The molecule has 2 aliphatic heterocycles. The normalized spacial score (nSPS) is 17.4. The Morgan fingerprint density at radius 3 is 2.55 bits per heavy atom. The number of morpholine rings is 1. The molecule has 8 nitrogen and oxygen atoms in total. The molecule has 0 aromatic heterocycles. The number of carbonyl (C=O) groups is 2. The summed E-state index contributed by atoms with van der Waals surface area (Å²) in [5.74, 6) is -0.443. The van der Waals surface area contributed by atoms with Gasteiger partial charge in [-0.2, -0.15) is 4.31 Å². The van der Waals surface area contributed by atoms with Gasteiger partial charge in [0.1, 0.15) is 6.54 Å². The van der Waals surface area contributed by atoms with Crippen molar-refractivity contribution in [2.75, 3.05) is 43.1 Å². The summed E-state index contributed by atoms with van der Waals surface area (Å²) in [5.41, 5.74) is 4.11. The molecule has 1 fully saturated rings. The summed E-state index contributed by atoms with van der Waals surface area (Å²) in [5, 5.41) is 2.89. The van der Waals surface area contributed by atoms with Crippen LogP contribution in [0.25, 0.3) is 0 Å². The average Bonchev–Trinajstić information content (AvgIpc) is 2.94. The van der Waals surface area contributed by atoms with Crippen molar-refractivity contribution in [1.29, 1.82) is 0 Å². The molecular formula is C24H29N3O5S. The van der Waals surface area contributed by atoms with E-state index in [9.17, 15) is 18.0 Å². The van der Waals surface area contributed by atoms with Gasteiger partial charge in [0.05, 0.1) is 18.1 Å². The lowest BCUT2D eigenvalue weighted by Gasteiger charge is -2.27. The quantitative estimate of drug-likeness (QED) is 0.723. The lowest BCUT2D eigenvalue weighted by molar-refractivity contribution is -0.121. The van der Waals surface area contributed by atoms with Crippen LogP contribution in [0, 0.1) is 13.8 Å². The van der Waals surface area contributed by atoms with Gasteiger partial charge in [-0.1, -0.05) is 17.7 Å². The van der Waals surface area contributed by atoms with Gasteiger partial charge in [0.25, 0.3) is 0 Å². The van der Waals surface area contributed by atoms with Gasteiger partial charge in [0.15, 0.2) is 0 Å². The number of hydrogen-bond acceptors (Lipinski definition) is 5. The third-order valence-electron chi connectivity index (χ3n) is 6.05. The van der Waals surface area contributed by atoms with Gasteiger partial charge in [-0.15, -0.1) is 0 Å². The number of carbonyl (C=O) groups excluding carboxylic acids is 2. The number of anilines is 2. The summed E-state index contributed by atoms with van der Waals surface area (Å²) in [6.45, 7) is 5.17. The predicted molar refractivity (Wildman–Crippen MR) is 126 cm³/mol. The summed E-state index contributed by atoms with van der Waals surface area (Å²) >= 11 is 0. The number of benzene rings is 2. The van der Waals surface area contributed by atoms with E-state index < -0.39 is 10.0 Å². The van der Waals surface area contributed by atoms with E-state index in [1.54, 1.807) is 12.1 Å². The van der Waals surface area contributed by atoms with Crippen molar-refractivity contribution in [3.8, 4) is 0 Å². The Labute approximate surface area is 194 Å². The van der Waals surface area contributed by atoms with Crippen LogP contribution in [0.5, 0.6) is 0 Å². The summed E-state index contributed by atoms with van der Waals surface area (Å²) < 4.78 is 32.8. The Bertz CT molecular complexity index is 1170. The highest BCUT2D eigenvalue weighted by Crippen LogP contribution is 2.30. The van der Waals surface area contributed by atoms with Gasteiger partial charge in [-0.25, -0.2) is 8.42 Å². The van der Waals surface area contributed by atoms with Crippen molar-refractivity contribution in [2.45, 2.75) is 38.0 Å². The van der Waals surface area contributed by atoms with E-state index in [0.29, 0.717) is 56.9 Å². The molecule has 2 aromatic rings. The molecule has 2 aliphatic rings. The van der Waals surface area contributed by atoms with E-state index in [1.165, 1.54) is 15.3 Å². The number of fused-ring (bicyclic) bond motifs is 1. The number of amides is 2. The molecular weight excluding hydrogens is 442 g/mol. The highest BCUT2D eigenvalue weighted by molar-refractivity contribution is 7.89. The van der Waals surface area contributed by atoms with Gasteiger partial charge in [-0.3, -0.25) is 9.59 Å². The number of nitrogens with zero attached hydrogens (tertiary/aromatic N) is 2. The number of sulfonamides is 1. The van der Waals surface area contributed by atoms with Gasteiger partial charge < -0.3 is 15.0 Å². The second-order valence-electron chi connectivity index (χ2n) is 8.51. The van der Waals surface area contributed by atoms with Gasteiger partial charge in [-0.05, 0) is 62.1 Å². The first-order valence-corrected chi connectivity index (χ1v) is 12.6. The molecule has 2 amide bonds. The second-order valence-corrected chi connectivity index (χ2v) is 10.4. The van der Waals surface area contributed by atoms with E-state index >= 15 is 0 Å². The number of rotatable bonds is 5. The van der Waals surface area contributed by atoms with Crippen LogP contribution in [0.2, 0.25) is 0 Å². The largest absolute Gasteiger partial charge is 0.379 e. The van der Waals surface area contributed by atoms with Gasteiger partial charge in [0, 0.05) is 30.9 Å². The molecule has 0 radical (unpaired) electrons. The first kappa shape index (κ1) is 23.4.